The van der Waals surface area contributed by atoms with Crippen LogP contribution in [0.2, 0.25) is 0 Å². The third-order valence-corrected chi connectivity index (χ3v) is 3.36. The predicted molar refractivity (Wildman–Crippen MR) is 68.1 cm³/mol. The van der Waals surface area contributed by atoms with E-state index in [-0.39, 0.29) is 6.10 Å². The van der Waals surface area contributed by atoms with Gasteiger partial charge in [0.05, 0.1) is 6.10 Å². The molecule has 0 spiro atoms. The lowest BCUT2D eigenvalue weighted by Gasteiger charge is -2.25. The molecule has 0 saturated heterocycles. The number of hydrogen-bond acceptors (Lipinski definition) is 4. The lowest BCUT2D eigenvalue weighted by Crippen LogP contribution is -2.20. The Balaban J connectivity index is 2.03. The van der Waals surface area contributed by atoms with E-state index in [4.69, 9.17) is 0 Å². The summed E-state index contributed by atoms with van der Waals surface area (Å²) in [6.07, 6.45) is 4.21. The van der Waals surface area contributed by atoms with Crippen LogP contribution in [0, 0.1) is 6.92 Å². The average Bonchev–Trinajstić information content (AvgIpc) is 2.22. The summed E-state index contributed by atoms with van der Waals surface area (Å²) in [6, 6.07) is 2.07. The number of aliphatic hydroxyl groups excluding tert-OH is 1. The summed E-state index contributed by atoms with van der Waals surface area (Å²) < 4.78 is 0. The zero-order valence-electron chi connectivity index (χ0n) is 10.6. The van der Waals surface area contributed by atoms with Gasteiger partial charge >= 0.3 is 0 Å². The van der Waals surface area contributed by atoms with Crippen molar-refractivity contribution in [3.63, 3.8) is 0 Å². The summed E-state index contributed by atoms with van der Waals surface area (Å²) in [6.45, 7) is 4.47. The molecule has 2 N–H and O–H groups in total. The summed E-state index contributed by atoms with van der Waals surface area (Å²) in [5.74, 6) is 1.27. The molecule has 1 aromatic rings. The van der Waals surface area contributed by atoms with Crippen molar-refractivity contribution in [2.45, 2.75) is 51.6 Å². The first-order valence-corrected chi connectivity index (χ1v) is 6.46. The van der Waals surface area contributed by atoms with Crippen molar-refractivity contribution < 1.29 is 5.11 Å². The van der Waals surface area contributed by atoms with E-state index >= 15 is 0 Å². The fourth-order valence-corrected chi connectivity index (χ4v) is 1.94. The fourth-order valence-electron chi connectivity index (χ4n) is 1.94. The van der Waals surface area contributed by atoms with Crippen molar-refractivity contribution in [2.75, 3.05) is 11.9 Å². The summed E-state index contributed by atoms with van der Waals surface area (Å²) in [7, 11) is 0. The van der Waals surface area contributed by atoms with Crippen LogP contribution in [-0.4, -0.2) is 27.7 Å². The average molecular weight is 235 g/mol. The van der Waals surface area contributed by atoms with Gasteiger partial charge in [-0.1, -0.05) is 13.3 Å². The van der Waals surface area contributed by atoms with Crippen LogP contribution in [0.5, 0.6) is 0 Å². The Morgan fingerprint density at radius 3 is 2.82 bits per heavy atom. The zero-order valence-corrected chi connectivity index (χ0v) is 10.6. The summed E-state index contributed by atoms with van der Waals surface area (Å²) >= 11 is 0. The first-order chi connectivity index (χ1) is 8.19. The van der Waals surface area contributed by atoms with Gasteiger partial charge < -0.3 is 10.4 Å². The standard InChI is InChI=1S/C13H21N3O/c1-3-11(17)8-14-13-15-9(2)7-12(16-13)10-5-4-6-10/h7,10-11,17H,3-6,8H2,1-2H3,(H,14,15,16)/t11-/m1/s1. The number of anilines is 1. The zero-order chi connectivity index (χ0) is 12.3. The second-order valence-electron chi connectivity index (χ2n) is 4.83. The number of aryl methyl sites for hydroxylation is 1. The Kier molecular flexibility index (Phi) is 3.94. The lowest BCUT2D eigenvalue weighted by atomic mass is 9.83. The Morgan fingerprint density at radius 2 is 2.24 bits per heavy atom. The van der Waals surface area contributed by atoms with Gasteiger partial charge in [0.25, 0.3) is 0 Å². The van der Waals surface area contributed by atoms with Crippen LogP contribution in [-0.2, 0) is 0 Å². The predicted octanol–water partition coefficient (Wildman–Crippen LogP) is 2.24. The molecule has 0 radical (unpaired) electrons. The van der Waals surface area contributed by atoms with Crippen LogP contribution in [0.3, 0.4) is 0 Å². The second kappa shape index (κ2) is 5.45. The molecule has 1 aliphatic rings. The summed E-state index contributed by atoms with van der Waals surface area (Å²) in [4.78, 5) is 8.88. The monoisotopic (exact) mass is 235 g/mol. The minimum Gasteiger partial charge on any atom is -0.391 e. The highest BCUT2D eigenvalue weighted by Gasteiger charge is 2.21. The molecule has 0 unspecified atom stereocenters. The van der Waals surface area contributed by atoms with Crippen molar-refractivity contribution in [1.82, 2.24) is 9.97 Å². The topological polar surface area (TPSA) is 58.0 Å². The smallest absolute Gasteiger partial charge is 0.223 e. The van der Waals surface area contributed by atoms with Gasteiger partial charge in [-0.2, -0.15) is 0 Å². The number of nitrogens with one attached hydrogen (secondary N) is 1. The first-order valence-electron chi connectivity index (χ1n) is 6.46. The number of aromatic nitrogens is 2. The van der Waals surface area contributed by atoms with Crippen molar-refractivity contribution in [1.29, 1.82) is 0 Å². The second-order valence-corrected chi connectivity index (χ2v) is 4.83. The fraction of sp³-hybridized carbons (Fsp3) is 0.692. The van der Waals surface area contributed by atoms with Gasteiger partial charge in [-0.3, -0.25) is 0 Å². The van der Waals surface area contributed by atoms with E-state index in [0.29, 0.717) is 18.4 Å². The van der Waals surface area contributed by atoms with Gasteiger partial charge in [0.15, 0.2) is 0 Å². The molecule has 0 amide bonds. The van der Waals surface area contributed by atoms with Gasteiger partial charge in [0.2, 0.25) is 5.95 Å². The van der Waals surface area contributed by atoms with Crippen LogP contribution in [0.15, 0.2) is 6.07 Å². The van der Waals surface area contributed by atoms with E-state index < -0.39 is 0 Å². The van der Waals surface area contributed by atoms with Crippen molar-refractivity contribution in [3.05, 3.63) is 17.5 Å². The molecule has 1 heterocycles. The van der Waals surface area contributed by atoms with Crippen LogP contribution >= 0.6 is 0 Å². The van der Waals surface area contributed by atoms with Crippen molar-refractivity contribution >= 4 is 5.95 Å². The molecule has 0 aromatic carbocycles. The van der Waals surface area contributed by atoms with Crippen LogP contribution in [0.25, 0.3) is 0 Å². The molecule has 2 rings (SSSR count). The van der Waals surface area contributed by atoms with Gasteiger partial charge in [0.1, 0.15) is 0 Å². The molecular weight excluding hydrogens is 214 g/mol. The molecule has 1 aromatic heterocycles. The minimum atomic E-state index is -0.328. The van der Waals surface area contributed by atoms with Crippen molar-refractivity contribution in [2.24, 2.45) is 0 Å². The van der Waals surface area contributed by atoms with Gasteiger partial charge in [0, 0.05) is 23.9 Å². The molecule has 1 aliphatic carbocycles. The lowest BCUT2D eigenvalue weighted by molar-refractivity contribution is 0.183. The molecular formula is C13H21N3O. The molecule has 4 nitrogen and oxygen atoms in total. The first kappa shape index (κ1) is 12.3. The molecule has 4 heteroatoms. The van der Waals surface area contributed by atoms with E-state index in [1.165, 1.54) is 19.3 Å². The third kappa shape index (κ3) is 3.16. The highest BCUT2D eigenvalue weighted by Crippen LogP contribution is 2.35. The van der Waals surface area contributed by atoms with Crippen LogP contribution < -0.4 is 5.32 Å². The molecule has 0 bridgehead atoms. The number of hydrogen-bond donors (Lipinski definition) is 2. The van der Waals surface area contributed by atoms with Crippen molar-refractivity contribution in [3.8, 4) is 0 Å². The summed E-state index contributed by atoms with van der Waals surface area (Å²) in [5.41, 5.74) is 2.15. The number of aliphatic hydroxyl groups is 1. The highest BCUT2D eigenvalue weighted by atomic mass is 16.3. The van der Waals surface area contributed by atoms with Gasteiger partial charge in [-0.05, 0) is 32.3 Å². The van der Waals surface area contributed by atoms with E-state index in [0.717, 1.165) is 17.8 Å². The molecule has 1 saturated carbocycles. The van der Waals surface area contributed by atoms with E-state index in [1.54, 1.807) is 0 Å². The maximum absolute atomic E-state index is 9.51. The molecule has 94 valence electrons. The Bertz CT molecular complexity index is 377. The van der Waals surface area contributed by atoms with Crippen LogP contribution in [0.4, 0.5) is 5.95 Å². The normalized spacial score (nSPS) is 17.6. The molecule has 17 heavy (non-hydrogen) atoms. The number of nitrogens with zero attached hydrogens (tertiary/aromatic N) is 2. The summed E-state index contributed by atoms with van der Waals surface area (Å²) in [5, 5.41) is 12.6. The van der Waals surface area contributed by atoms with E-state index in [9.17, 15) is 5.11 Å². The highest BCUT2D eigenvalue weighted by molar-refractivity contribution is 5.30. The van der Waals surface area contributed by atoms with Gasteiger partial charge in [-0.15, -0.1) is 0 Å². The maximum Gasteiger partial charge on any atom is 0.223 e. The molecule has 1 atom stereocenters. The Hall–Kier alpha value is -1.16. The molecule has 0 aliphatic heterocycles. The minimum absolute atomic E-state index is 0.328. The largest absolute Gasteiger partial charge is 0.391 e. The quantitative estimate of drug-likeness (QED) is 0.821. The maximum atomic E-state index is 9.51. The Morgan fingerprint density at radius 1 is 1.47 bits per heavy atom. The van der Waals surface area contributed by atoms with Crippen LogP contribution in [0.1, 0.15) is 49.9 Å². The molecule has 1 fully saturated rings. The SMILES string of the molecule is CC[C@@H](O)CNc1nc(C)cc(C2CCC2)n1. The van der Waals surface area contributed by atoms with Gasteiger partial charge in [-0.25, -0.2) is 9.97 Å². The third-order valence-electron chi connectivity index (χ3n) is 3.36. The number of rotatable bonds is 5. The van der Waals surface area contributed by atoms with E-state index in [2.05, 4.69) is 21.4 Å². The Labute approximate surface area is 102 Å². The van der Waals surface area contributed by atoms with E-state index in [1.807, 2.05) is 13.8 Å².